The number of ether oxygens (including phenoxy) is 3. The summed E-state index contributed by atoms with van der Waals surface area (Å²) in [6.45, 7) is 4.95. The summed E-state index contributed by atoms with van der Waals surface area (Å²) in [4.78, 5) is 15.5. The van der Waals surface area contributed by atoms with Crippen LogP contribution in [0.3, 0.4) is 0 Å². The molecule has 1 saturated heterocycles. The smallest absolute Gasteiger partial charge is 0.320 e. The van der Waals surface area contributed by atoms with Crippen molar-refractivity contribution < 1.29 is 14.2 Å². The average Bonchev–Trinajstić information content (AvgIpc) is 2.68. The molecule has 3 heterocycles. The van der Waals surface area contributed by atoms with Gasteiger partial charge in [-0.05, 0) is 13.0 Å². The van der Waals surface area contributed by atoms with E-state index in [0.717, 1.165) is 0 Å². The molecule has 0 aliphatic carbocycles. The maximum absolute atomic E-state index is 6.24. The van der Waals surface area contributed by atoms with E-state index >= 15 is 0 Å². The zero-order valence-corrected chi connectivity index (χ0v) is 15.9. The molecule has 0 aromatic carbocycles. The molecule has 1 aliphatic rings. The Hall–Kier alpha value is -2.72. The molecule has 0 atom stereocenters. The van der Waals surface area contributed by atoms with Crippen LogP contribution in [0.4, 0.5) is 17.3 Å². The first-order chi connectivity index (χ1) is 13.1. The van der Waals surface area contributed by atoms with Crippen molar-refractivity contribution in [1.82, 2.24) is 15.0 Å². The van der Waals surface area contributed by atoms with Crippen LogP contribution < -0.4 is 25.4 Å². The van der Waals surface area contributed by atoms with Gasteiger partial charge in [0, 0.05) is 25.4 Å². The van der Waals surface area contributed by atoms with Crippen molar-refractivity contribution in [3.8, 4) is 11.9 Å². The minimum absolute atomic E-state index is 0.203. The van der Waals surface area contributed by atoms with Gasteiger partial charge in [-0.2, -0.15) is 9.97 Å². The number of thiocarbonyl (C=S) groups is 1. The van der Waals surface area contributed by atoms with Gasteiger partial charge in [-0.3, -0.25) is 0 Å². The Labute approximate surface area is 162 Å². The normalized spacial score (nSPS) is 13.9. The van der Waals surface area contributed by atoms with Crippen molar-refractivity contribution in [2.24, 2.45) is 0 Å². The number of hydrogen-bond donors (Lipinski definition) is 2. The van der Waals surface area contributed by atoms with Crippen LogP contribution in [-0.2, 0) is 4.74 Å². The maximum Gasteiger partial charge on any atom is 0.320 e. The SMILES string of the molecule is CC(=S)Nc1nc(OCCOc2ccccn2)nc(N2CCOCC2)c1N. The molecular weight excluding hydrogens is 368 g/mol. The average molecular weight is 390 g/mol. The number of rotatable bonds is 7. The molecule has 1 fully saturated rings. The zero-order valence-electron chi connectivity index (χ0n) is 15.1. The van der Waals surface area contributed by atoms with Gasteiger partial charge in [0.2, 0.25) is 5.88 Å². The topological polar surface area (TPSA) is 108 Å². The van der Waals surface area contributed by atoms with Crippen LogP contribution in [0.2, 0.25) is 0 Å². The number of nitrogens with one attached hydrogen (secondary N) is 1. The number of hydrogen-bond acceptors (Lipinski definition) is 9. The van der Waals surface area contributed by atoms with E-state index < -0.39 is 0 Å². The second-order valence-corrected chi connectivity index (χ2v) is 6.35. The van der Waals surface area contributed by atoms with Gasteiger partial charge in [0.1, 0.15) is 18.9 Å². The maximum atomic E-state index is 6.24. The van der Waals surface area contributed by atoms with E-state index in [1.54, 1.807) is 19.2 Å². The second kappa shape index (κ2) is 9.28. The molecule has 144 valence electrons. The highest BCUT2D eigenvalue weighted by Gasteiger charge is 2.20. The molecule has 2 aromatic rings. The fourth-order valence-electron chi connectivity index (χ4n) is 2.49. The summed E-state index contributed by atoms with van der Waals surface area (Å²) in [5, 5.41) is 2.99. The van der Waals surface area contributed by atoms with Crippen LogP contribution in [-0.4, -0.2) is 59.5 Å². The first-order valence-electron chi connectivity index (χ1n) is 8.58. The summed E-state index contributed by atoms with van der Waals surface area (Å²) >= 11 is 5.11. The van der Waals surface area contributed by atoms with E-state index in [4.69, 9.17) is 32.2 Å². The fourth-order valence-corrected chi connectivity index (χ4v) is 2.59. The summed E-state index contributed by atoms with van der Waals surface area (Å²) in [5.74, 6) is 1.57. The third kappa shape index (κ3) is 5.38. The molecule has 27 heavy (non-hydrogen) atoms. The molecule has 2 aromatic heterocycles. The molecule has 0 bridgehead atoms. The predicted octanol–water partition coefficient (Wildman–Crippen LogP) is 1.51. The molecule has 0 amide bonds. The van der Waals surface area contributed by atoms with Gasteiger partial charge in [0.15, 0.2) is 11.6 Å². The molecule has 3 rings (SSSR count). The molecule has 0 radical (unpaired) electrons. The van der Waals surface area contributed by atoms with Crippen molar-refractivity contribution in [3.05, 3.63) is 24.4 Å². The summed E-state index contributed by atoms with van der Waals surface area (Å²) in [7, 11) is 0. The summed E-state index contributed by atoms with van der Waals surface area (Å²) in [5.41, 5.74) is 6.67. The Morgan fingerprint density at radius 1 is 1.26 bits per heavy atom. The van der Waals surface area contributed by atoms with Crippen molar-refractivity contribution in [2.75, 3.05) is 55.5 Å². The molecule has 10 heteroatoms. The third-order valence-corrected chi connectivity index (χ3v) is 3.81. The summed E-state index contributed by atoms with van der Waals surface area (Å²) < 4.78 is 16.6. The molecule has 0 saturated carbocycles. The van der Waals surface area contributed by atoms with Gasteiger partial charge in [0.05, 0.1) is 18.2 Å². The molecule has 1 aliphatic heterocycles. The predicted molar refractivity (Wildman–Crippen MR) is 107 cm³/mol. The van der Waals surface area contributed by atoms with Crippen LogP contribution in [0.25, 0.3) is 0 Å². The van der Waals surface area contributed by atoms with Gasteiger partial charge < -0.3 is 30.2 Å². The van der Waals surface area contributed by atoms with E-state index in [0.29, 0.717) is 61.1 Å². The van der Waals surface area contributed by atoms with Gasteiger partial charge in [-0.15, -0.1) is 0 Å². The van der Waals surface area contributed by atoms with Crippen molar-refractivity contribution in [1.29, 1.82) is 0 Å². The molecular formula is C17H22N6O3S. The van der Waals surface area contributed by atoms with Gasteiger partial charge in [0.25, 0.3) is 0 Å². The Bertz CT molecular complexity index is 771. The Balaban J connectivity index is 1.69. The van der Waals surface area contributed by atoms with E-state index in [2.05, 4.69) is 20.3 Å². The monoisotopic (exact) mass is 390 g/mol. The van der Waals surface area contributed by atoms with Gasteiger partial charge in [-0.1, -0.05) is 18.3 Å². The first-order valence-corrected chi connectivity index (χ1v) is 8.98. The largest absolute Gasteiger partial charge is 0.474 e. The third-order valence-electron chi connectivity index (χ3n) is 3.71. The number of pyridine rings is 1. The van der Waals surface area contributed by atoms with Crippen molar-refractivity contribution in [2.45, 2.75) is 6.92 Å². The lowest BCUT2D eigenvalue weighted by Crippen LogP contribution is -2.37. The molecule has 3 N–H and O–H groups in total. The van der Waals surface area contributed by atoms with Gasteiger partial charge in [-0.25, -0.2) is 4.98 Å². The zero-order chi connectivity index (χ0) is 19.1. The number of nitrogen functional groups attached to an aromatic ring is 1. The fraction of sp³-hybridized carbons (Fsp3) is 0.412. The first kappa shape index (κ1) is 19.1. The van der Waals surface area contributed by atoms with Crippen LogP contribution in [0, 0.1) is 0 Å². The quantitative estimate of drug-likeness (QED) is 0.533. The van der Waals surface area contributed by atoms with E-state index in [1.165, 1.54) is 0 Å². The van der Waals surface area contributed by atoms with Crippen LogP contribution >= 0.6 is 12.2 Å². The standard InChI is InChI=1S/C17H22N6O3S/c1-12(27)20-15-14(18)16(23-6-8-24-9-7-23)22-17(21-15)26-11-10-25-13-4-2-3-5-19-13/h2-5H,6-11,18H2,1H3,(H,20,21,22,27). The second-order valence-electron chi connectivity index (χ2n) is 5.74. The van der Waals surface area contributed by atoms with Crippen molar-refractivity contribution in [3.63, 3.8) is 0 Å². The lowest BCUT2D eigenvalue weighted by Gasteiger charge is -2.29. The van der Waals surface area contributed by atoms with Crippen LogP contribution in [0.15, 0.2) is 24.4 Å². The molecule has 0 spiro atoms. The Kier molecular flexibility index (Phi) is 6.55. The van der Waals surface area contributed by atoms with Crippen LogP contribution in [0.5, 0.6) is 11.9 Å². The van der Waals surface area contributed by atoms with Crippen LogP contribution in [0.1, 0.15) is 6.92 Å². The molecule has 9 nitrogen and oxygen atoms in total. The van der Waals surface area contributed by atoms with E-state index in [1.807, 2.05) is 17.0 Å². The number of aromatic nitrogens is 3. The lowest BCUT2D eigenvalue weighted by atomic mass is 10.3. The lowest BCUT2D eigenvalue weighted by molar-refractivity contribution is 0.122. The highest BCUT2D eigenvalue weighted by molar-refractivity contribution is 7.80. The Morgan fingerprint density at radius 3 is 2.74 bits per heavy atom. The minimum atomic E-state index is 0.203. The van der Waals surface area contributed by atoms with E-state index in [9.17, 15) is 0 Å². The van der Waals surface area contributed by atoms with Crippen molar-refractivity contribution >= 4 is 34.5 Å². The number of anilines is 3. The number of morpholine rings is 1. The number of nitrogens with zero attached hydrogens (tertiary/aromatic N) is 4. The molecule has 0 unspecified atom stereocenters. The van der Waals surface area contributed by atoms with Gasteiger partial charge >= 0.3 is 6.01 Å². The summed E-state index contributed by atoms with van der Waals surface area (Å²) in [6.07, 6.45) is 1.67. The highest BCUT2D eigenvalue weighted by Crippen LogP contribution is 2.30. The highest BCUT2D eigenvalue weighted by atomic mass is 32.1. The summed E-state index contributed by atoms with van der Waals surface area (Å²) in [6, 6.07) is 5.66. The number of nitrogens with two attached hydrogens (primary N) is 1. The minimum Gasteiger partial charge on any atom is -0.474 e. The van der Waals surface area contributed by atoms with E-state index in [-0.39, 0.29) is 12.6 Å². The Morgan fingerprint density at radius 2 is 2.04 bits per heavy atom.